The van der Waals surface area contributed by atoms with Crippen LogP contribution in [0.2, 0.25) is 0 Å². The second-order valence-corrected chi connectivity index (χ2v) is 6.70. The van der Waals surface area contributed by atoms with Crippen LogP contribution in [0, 0.1) is 0 Å². The molecule has 0 fully saturated rings. The van der Waals surface area contributed by atoms with Crippen molar-refractivity contribution in [2.75, 3.05) is 53.9 Å². The Morgan fingerprint density at radius 1 is 1.07 bits per heavy atom. The molecule has 0 aliphatic carbocycles. The fourth-order valence-corrected chi connectivity index (χ4v) is 2.87. The van der Waals surface area contributed by atoms with Gasteiger partial charge in [-0.1, -0.05) is 0 Å². The third kappa shape index (κ3) is 5.33. The molecule has 2 rings (SSSR count). The lowest BCUT2D eigenvalue weighted by atomic mass is 10.1. The summed E-state index contributed by atoms with van der Waals surface area (Å²) in [6.45, 7) is 0.868. The van der Waals surface area contributed by atoms with Gasteiger partial charge in [0.2, 0.25) is 0 Å². The number of hydrogen-bond acceptors (Lipinski definition) is 9. The van der Waals surface area contributed by atoms with E-state index in [2.05, 4.69) is 10.3 Å². The van der Waals surface area contributed by atoms with Gasteiger partial charge in [0.1, 0.15) is 12.4 Å². The van der Waals surface area contributed by atoms with Gasteiger partial charge in [0.05, 0.1) is 26.9 Å². The van der Waals surface area contributed by atoms with E-state index in [0.29, 0.717) is 23.8 Å². The molecule has 9 nitrogen and oxygen atoms in total. The second-order valence-electron chi connectivity index (χ2n) is 5.84. The third-order valence-corrected chi connectivity index (χ3v) is 4.41. The summed E-state index contributed by atoms with van der Waals surface area (Å²) in [5.41, 5.74) is 0.379. The Morgan fingerprint density at radius 2 is 1.71 bits per heavy atom. The highest BCUT2D eigenvalue weighted by Gasteiger charge is 2.20. The molecule has 0 bridgehead atoms. The Hall–Kier alpha value is -2.85. The highest BCUT2D eigenvalue weighted by Crippen LogP contribution is 2.35. The van der Waals surface area contributed by atoms with Crippen LogP contribution < -0.4 is 19.5 Å². The molecule has 0 aliphatic heterocycles. The average Bonchev–Trinajstić information content (AvgIpc) is 3.14. The van der Waals surface area contributed by atoms with Crippen LogP contribution in [0.1, 0.15) is 20.8 Å². The van der Waals surface area contributed by atoms with E-state index in [-0.39, 0.29) is 23.0 Å². The summed E-state index contributed by atoms with van der Waals surface area (Å²) in [7, 11) is 8.18. The fraction of sp³-hybridized carbons (Fsp3) is 0.389. The van der Waals surface area contributed by atoms with E-state index in [9.17, 15) is 9.59 Å². The lowest BCUT2D eigenvalue weighted by Crippen LogP contribution is -2.20. The minimum Gasteiger partial charge on any atom is -0.496 e. The molecule has 1 heterocycles. The molecule has 0 radical (unpaired) electrons. The zero-order valence-corrected chi connectivity index (χ0v) is 17.2. The number of benzene rings is 1. The molecule has 1 amide bonds. The van der Waals surface area contributed by atoms with Gasteiger partial charge in [-0.15, -0.1) is 11.3 Å². The molecule has 152 valence electrons. The van der Waals surface area contributed by atoms with Gasteiger partial charge in [-0.3, -0.25) is 10.1 Å². The maximum atomic E-state index is 12.6. The highest BCUT2D eigenvalue weighted by atomic mass is 32.1. The van der Waals surface area contributed by atoms with Gasteiger partial charge in [0.25, 0.3) is 5.91 Å². The number of hydrogen-bond donors (Lipinski definition) is 1. The van der Waals surface area contributed by atoms with Crippen LogP contribution >= 0.6 is 11.3 Å². The molecule has 0 atom stereocenters. The number of carbonyl (C=O) groups is 2. The summed E-state index contributed by atoms with van der Waals surface area (Å²) in [6, 6.07) is 3.07. The average molecular weight is 409 g/mol. The molecule has 10 heteroatoms. The normalized spacial score (nSPS) is 10.5. The van der Waals surface area contributed by atoms with E-state index in [1.54, 1.807) is 6.07 Å². The molecular formula is C18H23N3O6S. The number of amides is 1. The smallest absolute Gasteiger partial charge is 0.357 e. The molecule has 28 heavy (non-hydrogen) atoms. The maximum Gasteiger partial charge on any atom is 0.357 e. The van der Waals surface area contributed by atoms with Gasteiger partial charge in [0.15, 0.2) is 22.3 Å². The predicted octanol–water partition coefficient (Wildman–Crippen LogP) is 2.14. The molecule has 1 N–H and O–H groups in total. The first-order chi connectivity index (χ1) is 13.4. The standard InChI is InChI=1S/C18H23N3O6S/c1-21(2)6-7-27-17(23)12-10-28-18(19-12)20-16(22)11-8-14(25-4)15(26-5)9-13(11)24-3/h8-10H,6-7H2,1-5H3,(H,19,20,22). The first kappa shape index (κ1) is 21.5. The minimum absolute atomic E-state index is 0.137. The summed E-state index contributed by atoms with van der Waals surface area (Å²) in [5, 5.41) is 4.44. The van der Waals surface area contributed by atoms with Gasteiger partial charge in [-0.25, -0.2) is 9.78 Å². The number of carbonyl (C=O) groups excluding carboxylic acids is 2. The molecular weight excluding hydrogens is 386 g/mol. The topological polar surface area (TPSA) is 99.2 Å². The van der Waals surface area contributed by atoms with Crippen molar-refractivity contribution in [3.63, 3.8) is 0 Å². The number of aromatic nitrogens is 1. The summed E-state index contributed by atoms with van der Waals surface area (Å²) in [5.74, 6) is 0.141. The molecule has 0 saturated carbocycles. The van der Waals surface area contributed by atoms with Gasteiger partial charge in [-0.05, 0) is 14.1 Å². The number of methoxy groups -OCH3 is 3. The molecule has 0 unspecified atom stereocenters. The molecule has 1 aromatic heterocycles. The number of likely N-dealkylation sites (N-methyl/N-ethyl adjacent to an activating group) is 1. The Balaban J connectivity index is 2.11. The van der Waals surface area contributed by atoms with Crippen molar-refractivity contribution >= 4 is 28.3 Å². The Labute approximate surface area is 167 Å². The van der Waals surface area contributed by atoms with Crippen LogP contribution in [0.25, 0.3) is 0 Å². The SMILES string of the molecule is COc1cc(OC)c(C(=O)Nc2nc(C(=O)OCCN(C)C)cs2)cc1OC. The van der Waals surface area contributed by atoms with Crippen LogP contribution in [0.5, 0.6) is 17.2 Å². The lowest BCUT2D eigenvalue weighted by molar-refractivity contribution is 0.0476. The van der Waals surface area contributed by atoms with E-state index in [1.807, 2.05) is 19.0 Å². The van der Waals surface area contributed by atoms with Gasteiger partial charge < -0.3 is 23.8 Å². The second kappa shape index (κ2) is 9.90. The number of anilines is 1. The first-order valence-electron chi connectivity index (χ1n) is 8.28. The number of nitrogens with one attached hydrogen (secondary N) is 1. The largest absolute Gasteiger partial charge is 0.496 e. The van der Waals surface area contributed by atoms with Crippen LogP contribution in [-0.2, 0) is 4.74 Å². The first-order valence-corrected chi connectivity index (χ1v) is 9.16. The van der Waals surface area contributed by atoms with E-state index < -0.39 is 11.9 Å². The number of ether oxygens (including phenoxy) is 4. The van der Waals surface area contributed by atoms with Crippen molar-refractivity contribution in [3.05, 3.63) is 28.8 Å². The monoisotopic (exact) mass is 409 g/mol. The van der Waals surface area contributed by atoms with Crippen molar-refractivity contribution in [3.8, 4) is 17.2 Å². The van der Waals surface area contributed by atoms with Gasteiger partial charge in [-0.2, -0.15) is 0 Å². The van der Waals surface area contributed by atoms with Crippen molar-refractivity contribution in [2.24, 2.45) is 0 Å². The van der Waals surface area contributed by atoms with Crippen LogP contribution in [0.3, 0.4) is 0 Å². The van der Waals surface area contributed by atoms with Crippen LogP contribution in [0.4, 0.5) is 5.13 Å². The quantitative estimate of drug-likeness (QED) is 0.629. The highest BCUT2D eigenvalue weighted by molar-refractivity contribution is 7.14. The molecule has 0 saturated heterocycles. The minimum atomic E-state index is -0.540. The fourth-order valence-electron chi connectivity index (χ4n) is 2.19. The zero-order chi connectivity index (χ0) is 20.7. The van der Waals surface area contributed by atoms with Gasteiger partial charge >= 0.3 is 5.97 Å². The Morgan fingerprint density at radius 3 is 2.32 bits per heavy atom. The Kier molecular flexibility index (Phi) is 7.59. The third-order valence-electron chi connectivity index (χ3n) is 3.66. The Bertz CT molecular complexity index is 837. The summed E-state index contributed by atoms with van der Waals surface area (Å²) in [4.78, 5) is 30.6. The van der Waals surface area contributed by atoms with E-state index in [1.165, 1.54) is 32.8 Å². The summed E-state index contributed by atoms with van der Waals surface area (Å²) < 4.78 is 20.8. The van der Waals surface area contributed by atoms with Crippen molar-refractivity contribution in [2.45, 2.75) is 0 Å². The predicted molar refractivity (Wildman–Crippen MR) is 105 cm³/mol. The van der Waals surface area contributed by atoms with Gasteiger partial charge in [0, 0.05) is 24.1 Å². The molecule has 0 aliphatic rings. The van der Waals surface area contributed by atoms with E-state index in [4.69, 9.17) is 18.9 Å². The molecule has 0 spiro atoms. The lowest BCUT2D eigenvalue weighted by Gasteiger charge is -2.13. The maximum absolute atomic E-state index is 12.6. The van der Waals surface area contributed by atoms with E-state index >= 15 is 0 Å². The number of thiazole rings is 1. The van der Waals surface area contributed by atoms with Crippen molar-refractivity contribution in [1.29, 1.82) is 0 Å². The summed E-state index contributed by atoms with van der Waals surface area (Å²) >= 11 is 1.12. The van der Waals surface area contributed by atoms with Crippen LogP contribution in [0.15, 0.2) is 17.5 Å². The molecule has 1 aromatic carbocycles. The van der Waals surface area contributed by atoms with Crippen molar-refractivity contribution in [1.82, 2.24) is 9.88 Å². The molecule has 2 aromatic rings. The van der Waals surface area contributed by atoms with E-state index in [0.717, 1.165) is 11.3 Å². The number of rotatable bonds is 9. The van der Waals surface area contributed by atoms with Crippen LogP contribution in [-0.4, -0.2) is 70.3 Å². The van der Waals surface area contributed by atoms with Crippen molar-refractivity contribution < 1.29 is 28.5 Å². The number of nitrogens with zero attached hydrogens (tertiary/aromatic N) is 2. The zero-order valence-electron chi connectivity index (χ0n) is 16.4. The number of esters is 1. The summed E-state index contributed by atoms with van der Waals surface area (Å²) in [6.07, 6.45) is 0.